The number of hydrogen-bond donors (Lipinski definition) is 2. The molecule has 2 aromatic rings. The van der Waals surface area contributed by atoms with Gasteiger partial charge in [-0.25, -0.2) is 8.78 Å². The van der Waals surface area contributed by atoms with Gasteiger partial charge in [0, 0.05) is 6.07 Å². The van der Waals surface area contributed by atoms with Gasteiger partial charge in [0.15, 0.2) is 0 Å². The van der Waals surface area contributed by atoms with E-state index in [4.69, 9.17) is 15.0 Å². The number of imide groups is 1. The second kappa shape index (κ2) is 6.23. The summed E-state index contributed by atoms with van der Waals surface area (Å²) in [6.07, 6.45) is 0. The lowest BCUT2D eigenvalue weighted by atomic mass is 9.79. The highest BCUT2D eigenvalue weighted by Gasteiger charge is 2.52. The van der Waals surface area contributed by atoms with E-state index in [0.29, 0.717) is 4.57 Å². The van der Waals surface area contributed by atoms with Gasteiger partial charge in [-0.1, -0.05) is 0 Å². The van der Waals surface area contributed by atoms with E-state index in [1.807, 2.05) is 5.32 Å². The van der Waals surface area contributed by atoms with E-state index in [1.165, 1.54) is 0 Å². The van der Waals surface area contributed by atoms with E-state index in [9.17, 15) is 23.2 Å². The van der Waals surface area contributed by atoms with Crippen LogP contribution in [0.2, 0.25) is 0 Å². The Labute approximate surface area is 170 Å². The Morgan fingerprint density at radius 3 is 2.03 bits per heavy atom. The number of amides is 2. The average Bonchev–Trinajstić information content (AvgIpc) is 3.01. The standard InChI is InChI=1S/C19H18BF2N3O5/c1-18(2)19(3,4)30-20(29-18)8-5-10(21)14(11(22)6-8)25-12(26)7-9-13(15(25)23)17(28)24-16(9)27/h5-7H,23H2,1-4H3,(H,24,27,28). The molecule has 2 aliphatic rings. The Bertz CT molecular complexity index is 1150. The van der Waals surface area contributed by atoms with Crippen molar-refractivity contribution >= 4 is 30.2 Å². The lowest BCUT2D eigenvalue weighted by Crippen LogP contribution is -2.41. The summed E-state index contributed by atoms with van der Waals surface area (Å²) in [7, 11) is -1.02. The van der Waals surface area contributed by atoms with Crippen LogP contribution in [-0.4, -0.2) is 34.7 Å². The summed E-state index contributed by atoms with van der Waals surface area (Å²) in [6, 6.07) is 2.77. The third-order valence-electron chi connectivity index (χ3n) is 5.74. The van der Waals surface area contributed by atoms with Crippen molar-refractivity contribution in [3.8, 4) is 5.69 Å². The van der Waals surface area contributed by atoms with Crippen LogP contribution >= 0.6 is 0 Å². The first-order valence-corrected chi connectivity index (χ1v) is 9.10. The second-order valence-electron chi connectivity index (χ2n) is 8.20. The molecule has 0 aliphatic carbocycles. The minimum absolute atomic E-state index is 0.0769. The number of fused-ring (bicyclic) bond motifs is 1. The minimum Gasteiger partial charge on any atom is -0.399 e. The lowest BCUT2D eigenvalue weighted by molar-refractivity contribution is 0.00578. The topological polar surface area (TPSA) is 113 Å². The number of carbonyl (C=O) groups is 2. The maximum Gasteiger partial charge on any atom is 0.495 e. The fourth-order valence-electron chi connectivity index (χ4n) is 3.42. The third kappa shape index (κ3) is 2.77. The fraction of sp³-hybridized carbons (Fsp3) is 0.316. The average molecular weight is 417 g/mol. The molecule has 11 heteroatoms. The van der Waals surface area contributed by atoms with Gasteiger partial charge in [0.1, 0.15) is 23.1 Å². The summed E-state index contributed by atoms with van der Waals surface area (Å²) in [6.45, 7) is 7.19. The number of nitrogen functional groups attached to an aromatic ring is 1. The van der Waals surface area contributed by atoms with Crippen molar-refractivity contribution in [2.75, 3.05) is 5.73 Å². The molecule has 0 bridgehead atoms. The number of carbonyl (C=O) groups excluding carboxylic acids is 2. The number of anilines is 1. The van der Waals surface area contributed by atoms with E-state index in [-0.39, 0.29) is 16.6 Å². The molecule has 0 saturated carbocycles. The minimum atomic E-state index is -1.11. The summed E-state index contributed by atoms with van der Waals surface area (Å²) >= 11 is 0. The first-order valence-electron chi connectivity index (χ1n) is 9.10. The van der Waals surface area contributed by atoms with Gasteiger partial charge >= 0.3 is 7.12 Å². The molecule has 2 amide bonds. The van der Waals surface area contributed by atoms with Gasteiger partial charge in [-0.2, -0.15) is 0 Å². The summed E-state index contributed by atoms with van der Waals surface area (Å²) in [4.78, 5) is 36.2. The predicted octanol–water partition coefficient (Wildman–Crippen LogP) is 0.881. The molecule has 0 spiro atoms. The molecule has 1 fully saturated rings. The summed E-state index contributed by atoms with van der Waals surface area (Å²) in [5, 5.41) is 1.99. The SMILES string of the molecule is CC1(C)OB(c2cc(F)c(-n3c(N)c4c(cc3=O)C(=O)NC4=O)c(F)c2)OC1(C)C. The zero-order valence-electron chi connectivity index (χ0n) is 16.6. The van der Waals surface area contributed by atoms with Crippen LogP contribution in [0.15, 0.2) is 23.0 Å². The number of rotatable bonds is 2. The number of nitrogens with zero attached hydrogens (tertiary/aromatic N) is 1. The summed E-state index contributed by atoms with van der Waals surface area (Å²) in [5.41, 5.74) is 2.21. The number of benzene rings is 1. The van der Waals surface area contributed by atoms with Crippen LogP contribution in [0.25, 0.3) is 5.69 Å². The molecule has 156 valence electrons. The van der Waals surface area contributed by atoms with Gasteiger partial charge in [-0.15, -0.1) is 0 Å². The molecule has 1 aromatic heterocycles. The molecule has 0 radical (unpaired) electrons. The van der Waals surface area contributed by atoms with E-state index < -0.39 is 58.8 Å². The smallest absolute Gasteiger partial charge is 0.399 e. The van der Waals surface area contributed by atoms with Crippen molar-refractivity contribution in [1.82, 2.24) is 9.88 Å². The van der Waals surface area contributed by atoms with Crippen molar-refractivity contribution in [1.29, 1.82) is 0 Å². The largest absolute Gasteiger partial charge is 0.495 e. The maximum absolute atomic E-state index is 15.0. The molecule has 0 unspecified atom stereocenters. The summed E-state index contributed by atoms with van der Waals surface area (Å²) in [5.74, 6) is -4.42. The zero-order chi connectivity index (χ0) is 22.2. The molecule has 1 saturated heterocycles. The highest BCUT2D eigenvalue weighted by molar-refractivity contribution is 6.62. The van der Waals surface area contributed by atoms with Crippen LogP contribution in [0.3, 0.4) is 0 Å². The molecule has 3 N–H and O–H groups in total. The van der Waals surface area contributed by atoms with Gasteiger partial charge in [-0.05, 0) is 45.3 Å². The molecule has 30 heavy (non-hydrogen) atoms. The van der Waals surface area contributed by atoms with E-state index >= 15 is 0 Å². The van der Waals surface area contributed by atoms with Crippen molar-refractivity contribution in [3.05, 3.63) is 51.3 Å². The van der Waals surface area contributed by atoms with Crippen molar-refractivity contribution in [2.24, 2.45) is 0 Å². The molecule has 3 heterocycles. The van der Waals surface area contributed by atoms with Crippen LogP contribution in [0.1, 0.15) is 48.4 Å². The number of aromatic nitrogens is 1. The normalized spacial score (nSPS) is 19.2. The van der Waals surface area contributed by atoms with E-state index in [2.05, 4.69) is 0 Å². The second-order valence-corrected chi connectivity index (χ2v) is 8.20. The molecular formula is C19H18BF2N3O5. The highest BCUT2D eigenvalue weighted by atomic mass is 19.1. The third-order valence-corrected chi connectivity index (χ3v) is 5.74. The molecule has 4 rings (SSSR count). The summed E-state index contributed by atoms with van der Waals surface area (Å²) < 4.78 is 42.1. The Morgan fingerprint density at radius 2 is 1.50 bits per heavy atom. The van der Waals surface area contributed by atoms with Crippen LogP contribution in [-0.2, 0) is 9.31 Å². The highest BCUT2D eigenvalue weighted by Crippen LogP contribution is 2.36. The maximum atomic E-state index is 15.0. The predicted molar refractivity (Wildman–Crippen MR) is 104 cm³/mol. The monoisotopic (exact) mass is 417 g/mol. The molecule has 8 nitrogen and oxygen atoms in total. The van der Waals surface area contributed by atoms with Gasteiger partial charge in [0.2, 0.25) is 0 Å². The Kier molecular flexibility index (Phi) is 4.20. The van der Waals surface area contributed by atoms with Crippen LogP contribution in [0, 0.1) is 11.6 Å². The van der Waals surface area contributed by atoms with Crippen LogP contribution < -0.4 is 22.1 Å². The number of hydrogen-bond acceptors (Lipinski definition) is 6. The number of nitrogens with one attached hydrogen (secondary N) is 1. The first kappa shape index (κ1) is 20.2. The molecule has 1 aromatic carbocycles. The van der Waals surface area contributed by atoms with Gasteiger partial charge < -0.3 is 15.0 Å². The van der Waals surface area contributed by atoms with Gasteiger partial charge in [0.05, 0.1) is 22.3 Å². The Hall–Kier alpha value is -3.05. The van der Waals surface area contributed by atoms with Gasteiger partial charge in [-0.3, -0.25) is 24.3 Å². The van der Waals surface area contributed by atoms with Crippen LogP contribution in [0.4, 0.5) is 14.6 Å². The van der Waals surface area contributed by atoms with Gasteiger partial charge in [0.25, 0.3) is 17.4 Å². The Morgan fingerprint density at radius 1 is 0.967 bits per heavy atom. The number of pyridine rings is 1. The number of nitrogens with two attached hydrogens (primary N) is 1. The Balaban J connectivity index is 1.84. The quantitative estimate of drug-likeness (QED) is 0.554. The lowest BCUT2D eigenvalue weighted by Gasteiger charge is -2.32. The molecule has 0 atom stereocenters. The van der Waals surface area contributed by atoms with Crippen molar-refractivity contribution in [3.63, 3.8) is 0 Å². The fourth-order valence-corrected chi connectivity index (χ4v) is 3.42. The van der Waals surface area contributed by atoms with E-state index in [1.54, 1.807) is 27.7 Å². The molecular weight excluding hydrogens is 399 g/mol. The zero-order valence-corrected chi connectivity index (χ0v) is 16.6. The van der Waals surface area contributed by atoms with E-state index in [0.717, 1.165) is 18.2 Å². The number of halogens is 2. The first-order chi connectivity index (χ1) is 13.8. The van der Waals surface area contributed by atoms with Crippen molar-refractivity contribution < 1.29 is 27.7 Å². The molecule has 2 aliphatic heterocycles. The van der Waals surface area contributed by atoms with Crippen molar-refractivity contribution in [2.45, 2.75) is 38.9 Å². The van der Waals surface area contributed by atoms with Crippen LogP contribution in [0.5, 0.6) is 0 Å².